The molecule has 0 amide bonds. The van der Waals surface area contributed by atoms with Crippen molar-refractivity contribution in [3.8, 4) is 11.5 Å². The summed E-state index contributed by atoms with van der Waals surface area (Å²) in [6.07, 6.45) is 2.33. The Morgan fingerprint density at radius 1 is 1.14 bits per heavy atom. The summed E-state index contributed by atoms with van der Waals surface area (Å²) in [5.41, 5.74) is 2.70. The maximum Gasteiger partial charge on any atom is 0.161 e. The van der Waals surface area contributed by atoms with Crippen molar-refractivity contribution in [3.63, 3.8) is 0 Å². The van der Waals surface area contributed by atoms with Gasteiger partial charge in [-0.25, -0.2) is 0 Å². The van der Waals surface area contributed by atoms with Gasteiger partial charge >= 0.3 is 0 Å². The first-order chi connectivity index (χ1) is 10.8. The molecule has 1 unspecified atom stereocenters. The van der Waals surface area contributed by atoms with Crippen molar-refractivity contribution in [1.29, 1.82) is 0 Å². The van der Waals surface area contributed by atoms with Gasteiger partial charge in [0.25, 0.3) is 0 Å². The second-order valence-corrected chi connectivity index (χ2v) is 5.86. The second-order valence-electron chi connectivity index (χ2n) is 5.86. The Morgan fingerprint density at radius 2 is 1.91 bits per heavy atom. The van der Waals surface area contributed by atoms with Crippen molar-refractivity contribution in [2.24, 2.45) is 0 Å². The maximum atomic E-state index is 5.72. The van der Waals surface area contributed by atoms with Gasteiger partial charge in [-0.15, -0.1) is 0 Å². The summed E-state index contributed by atoms with van der Waals surface area (Å²) in [7, 11) is 3.37. The van der Waals surface area contributed by atoms with Gasteiger partial charge in [-0.2, -0.15) is 0 Å². The highest BCUT2D eigenvalue weighted by molar-refractivity contribution is 5.48. The predicted octanol–water partition coefficient (Wildman–Crippen LogP) is 1.87. The molecule has 1 atom stereocenters. The van der Waals surface area contributed by atoms with Crippen molar-refractivity contribution in [2.75, 3.05) is 47.1 Å². The number of rotatable bonds is 5. The van der Waals surface area contributed by atoms with E-state index in [1.54, 1.807) is 14.2 Å². The fraction of sp³-hybridized carbons (Fsp3) is 0.647. The Morgan fingerprint density at radius 3 is 2.59 bits per heavy atom. The van der Waals surface area contributed by atoms with E-state index >= 15 is 0 Å². The van der Waals surface area contributed by atoms with Gasteiger partial charge in [0.2, 0.25) is 0 Å². The number of ether oxygens (including phenoxy) is 4. The third-order valence-corrected chi connectivity index (χ3v) is 4.45. The van der Waals surface area contributed by atoms with Crippen LogP contribution in [0.3, 0.4) is 0 Å². The summed E-state index contributed by atoms with van der Waals surface area (Å²) >= 11 is 0. The lowest BCUT2D eigenvalue weighted by molar-refractivity contribution is -0.0929. The summed E-state index contributed by atoms with van der Waals surface area (Å²) in [6, 6.07) is 4.23. The fourth-order valence-corrected chi connectivity index (χ4v) is 3.16. The third kappa shape index (κ3) is 3.54. The van der Waals surface area contributed by atoms with Gasteiger partial charge in [0.1, 0.15) is 0 Å². The Labute approximate surface area is 132 Å². The lowest BCUT2D eigenvalue weighted by Gasteiger charge is -2.31. The Bertz CT molecular complexity index is 500. The molecule has 22 heavy (non-hydrogen) atoms. The first kappa shape index (κ1) is 15.6. The van der Waals surface area contributed by atoms with E-state index < -0.39 is 0 Å². The molecule has 1 aromatic carbocycles. The average Bonchev–Trinajstić information content (AvgIpc) is 2.59. The van der Waals surface area contributed by atoms with Crippen LogP contribution in [0.4, 0.5) is 0 Å². The van der Waals surface area contributed by atoms with E-state index in [0.717, 1.165) is 63.8 Å². The molecule has 0 N–H and O–H groups in total. The summed E-state index contributed by atoms with van der Waals surface area (Å²) in [4.78, 5) is 2.48. The Balaban J connectivity index is 1.60. The van der Waals surface area contributed by atoms with Crippen LogP contribution in [0, 0.1) is 0 Å². The van der Waals surface area contributed by atoms with Crippen LogP contribution in [0.15, 0.2) is 12.1 Å². The summed E-state index contributed by atoms with van der Waals surface area (Å²) in [6.45, 7) is 5.27. The van der Waals surface area contributed by atoms with Crippen molar-refractivity contribution in [2.45, 2.75) is 25.5 Å². The molecule has 2 aliphatic rings. The SMILES string of the molecule is COc1cc2c(cc1OC)CN(CCC1COCCO1)CC2. The van der Waals surface area contributed by atoms with Crippen LogP contribution >= 0.6 is 0 Å². The molecule has 0 radical (unpaired) electrons. The van der Waals surface area contributed by atoms with Crippen LogP contribution in [0.2, 0.25) is 0 Å². The largest absolute Gasteiger partial charge is 0.493 e. The fourth-order valence-electron chi connectivity index (χ4n) is 3.16. The summed E-state index contributed by atoms with van der Waals surface area (Å²) in [5, 5.41) is 0. The lowest BCUT2D eigenvalue weighted by Crippen LogP contribution is -2.36. The molecule has 1 aromatic rings. The summed E-state index contributed by atoms with van der Waals surface area (Å²) in [5.74, 6) is 1.63. The molecule has 5 nitrogen and oxygen atoms in total. The van der Waals surface area contributed by atoms with Crippen LogP contribution in [0.1, 0.15) is 17.5 Å². The first-order valence-electron chi connectivity index (χ1n) is 7.95. The van der Waals surface area contributed by atoms with Crippen molar-refractivity contribution in [1.82, 2.24) is 4.90 Å². The lowest BCUT2D eigenvalue weighted by atomic mass is 9.98. The topological polar surface area (TPSA) is 40.2 Å². The molecule has 0 aliphatic carbocycles. The molecule has 1 saturated heterocycles. The highest BCUT2D eigenvalue weighted by Gasteiger charge is 2.21. The van der Waals surface area contributed by atoms with Gasteiger partial charge in [0.15, 0.2) is 11.5 Å². The van der Waals surface area contributed by atoms with Gasteiger partial charge < -0.3 is 18.9 Å². The van der Waals surface area contributed by atoms with Crippen molar-refractivity contribution < 1.29 is 18.9 Å². The second kappa shape index (κ2) is 7.31. The van der Waals surface area contributed by atoms with Gasteiger partial charge in [-0.05, 0) is 36.1 Å². The molecule has 2 aliphatic heterocycles. The molecule has 1 fully saturated rings. The zero-order chi connectivity index (χ0) is 15.4. The van der Waals surface area contributed by atoms with E-state index in [1.807, 2.05) is 0 Å². The van der Waals surface area contributed by atoms with Crippen LogP contribution in [-0.4, -0.2) is 58.1 Å². The molecular weight excluding hydrogens is 282 g/mol. The normalized spacial score (nSPS) is 22.2. The predicted molar refractivity (Wildman–Crippen MR) is 83.7 cm³/mol. The number of fused-ring (bicyclic) bond motifs is 1. The van der Waals surface area contributed by atoms with Gasteiger partial charge in [0, 0.05) is 19.6 Å². The molecule has 3 rings (SSSR count). The van der Waals surface area contributed by atoms with Crippen LogP contribution in [0.25, 0.3) is 0 Å². The van der Waals surface area contributed by atoms with E-state index in [9.17, 15) is 0 Å². The highest BCUT2D eigenvalue weighted by Crippen LogP contribution is 2.33. The minimum atomic E-state index is 0.251. The van der Waals surface area contributed by atoms with E-state index in [1.165, 1.54) is 11.1 Å². The van der Waals surface area contributed by atoms with Gasteiger partial charge in [0.05, 0.1) is 40.1 Å². The van der Waals surface area contributed by atoms with Crippen LogP contribution in [-0.2, 0) is 22.4 Å². The molecular formula is C17H25NO4. The average molecular weight is 307 g/mol. The van der Waals surface area contributed by atoms with Crippen LogP contribution in [0.5, 0.6) is 11.5 Å². The minimum Gasteiger partial charge on any atom is -0.493 e. The number of hydrogen-bond donors (Lipinski definition) is 0. The van der Waals surface area contributed by atoms with Crippen LogP contribution < -0.4 is 9.47 Å². The molecule has 122 valence electrons. The minimum absolute atomic E-state index is 0.251. The van der Waals surface area contributed by atoms with Gasteiger partial charge in [-0.3, -0.25) is 4.90 Å². The van der Waals surface area contributed by atoms with E-state index in [4.69, 9.17) is 18.9 Å². The van der Waals surface area contributed by atoms with E-state index in [0.29, 0.717) is 0 Å². The molecule has 5 heteroatoms. The third-order valence-electron chi connectivity index (χ3n) is 4.45. The Kier molecular flexibility index (Phi) is 5.18. The molecule has 2 heterocycles. The number of nitrogens with zero attached hydrogens (tertiary/aromatic N) is 1. The zero-order valence-corrected chi connectivity index (χ0v) is 13.5. The molecule has 0 saturated carbocycles. The molecule has 0 aromatic heterocycles. The number of hydrogen-bond acceptors (Lipinski definition) is 5. The number of methoxy groups -OCH3 is 2. The smallest absolute Gasteiger partial charge is 0.161 e. The summed E-state index contributed by atoms with van der Waals surface area (Å²) < 4.78 is 22.0. The monoisotopic (exact) mass is 307 g/mol. The van der Waals surface area contributed by atoms with Crippen molar-refractivity contribution >= 4 is 0 Å². The van der Waals surface area contributed by atoms with Crippen molar-refractivity contribution in [3.05, 3.63) is 23.3 Å². The highest BCUT2D eigenvalue weighted by atomic mass is 16.6. The molecule has 0 spiro atoms. The first-order valence-corrected chi connectivity index (χ1v) is 7.95. The molecule has 0 bridgehead atoms. The zero-order valence-electron chi connectivity index (χ0n) is 13.5. The quantitative estimate of drug-likeness (QED) is 0.830. The van der Waals surface area contributed by atoms with E-state index in [-0.39, 0.29) is 6.10 Å². The number of benzene rings is 1. The Hall–Kier alpha value is -1.30. The van der Waals surface area contributed by atoms with E-state index in [2.05, 4.69) is 17.0 Å². The van der Waals surface area contributed by atoms with Gasteiger partial charge in [-0.1, -0.05) is 0 Å². The standard InChI is InChI=1S/C17H25NO4/c1-19-16-9-13-3-5-18(11-14(13)10-17(16)20-2)6-4-15-12-21-7-8-22-15/h9-10,15H,3-8,11-12H2,1-2H3. The maximum absolute atomic E-state index is 5.72.